The number of carbonyl (C=O) groups is 1. The number of anilines is 1. The van der Waals surface area contributed by atoms with Gasteiger partial charge in [0.1, 0.15) is 5.75 Å². The SMILES string of the molecule is COc1cccc(C(OC)(OC)C(=O)N(C)c2ccccc2)c1. The van der Waals surface area contributed by atoms with Gasteiger partial charge < -0.3 is 19.1 Å². The summed E-state index contributed by atoms with van der Waals surface area (Å²) >= 11 is 0. The van der Waals surface area contributed by atoms with Crippen molar-refractivity contribution in [2.24, 2.45) is 0 Å². The summed E-state index contributed by atoms with van der Waals surface area (Å²) in [5, 5.41) is 0. The van der Waals surface area contributed by atoms with E-state index in [4.69, 9.17) is 14.2 Å². The van der Waals surface area contributed by atoms with Crippen LogP contribution in [0.15, 0.2) is 54.6 Å². The molecule has 1 amide bonds. The molecule has 0 aromatic heterocycles. The second-order valence-corrected chi connectivity index (χ2v) is 4.96. The van der Waals surface area contributed by atoms with Crippen LogP contribution in [0.3, 0.4) is 0 Å². The molecule has 0 bridgehead atoms. The third-order valence-electron chi connectivity index (χ3n) is 3.75. The third-order valence-corrected chi connectivity index (χ3v) is 3.75. The highest BCUT2D eigenvalue weighted by molar-refractivity contribution is 5.98. The lowest BCUT2D eigenvalue weighted by Crippen LogP contribution is -2.48. The monoisotopic (exact) mass is 315 g/mol. The Labute approximate surface area is 136 Å². The molecular formula is C18H21NO4. The van der Waals surface area contributed by atoms with Gasteiger partial charge in [-0.25, -0.2) is 0 Å². The molecule has 0 aliphatic rings. The van der Waals surface area contributed by atoms with E-state index in [0.29, 0.717) is 11.3 Å². The topological polar surface area (TPSA) is 48.0 Å². The maximum absolute atomic E-state index is 13.1. The fraction of sp³-hybridized carbons (Fsp3) is 0.278. The van der Waals surface area contributed by atoms with Crippen molar-refractivity contribution in [3.05, 3.63) is 60.2 Å². The highest BCUT2D eigenvalue weighted by atomic mass is 16.7. The maximum atomic E-state index is 13.1. The number of methoxy groups -OCH3 is 3. The van der Waals surface area contributed by atoms with E-state index in [0.717, 1.165) is 5.69 Å². The fourth-order valence-corrected chi connectivity index (χ4v) is 2.43. The smallest absolute Gasteiger partial charge is 0.292 e. The van der Waals surface area contributed by atoms with Gasteiger partial charge in [0.2, 0.25) is 0 Å². The Morgan fingerprint density at radius 3 is 2.17 bits per heavy atom. The highest BCUT2D eigenvalue weighted by Gasteiger charge is 2.43. The van der Waals surface area contributed by atoms with Crippen LogP contribution in [0.5, 0.6) is 5.75 Å². The zero-order valence-corrected chi connectivity index (χ0v) is 13.8. The summed E-state index contributed by atoms with van der Waals surface area (Å²) in [6, 6.07) is 16.4. The number of hydrogen-bond acceptors (Lipinski definition) is 4. The number of likely N-dealkylation sites (N-methyl/N-ethyl adjacent to an activating group) is 1. The molecule has 0 radical (unpaired) electrons. The van der Waals surface area contributed by atoms with Crippen molar-refractivity contribution < 1.29 is 19.0 Å². The first-order valence-corrected chi connectivity index (χ1v) is 7.17. The van der Waals surface area contributed by atoms with Crippen LogP contribution in [-0.4, -0.2) is 34.3 Å². The fourth-order valence-electron chi connectivity index (χ4n) is 2.43. The van der Waals surface area contributed by atoms with Crippen LogP contribution in [0, 0.1) is 0 Å². The Morgan fingerprint density at radius 1 is 0.957 bits per heavy atom. The standard InChI is InChI=1S/C18H21NO4/c1-19(15-10-6-5-7-11-15)17(20)18(22-3,23-4)14-9-8-12-16(13-14)21-2/h5-13H,1-4H3. The van der Waals surface area contributed by atoms with Gasteiger partial charge in [-0.1, -0.05) is 30.3 Å². The molecule has 0 aliphatic heterocycles. The van der Waals surface area contributed by atoms with Crippen LogP contribution < -0.4 is 9.64 Å². The molecule has 0 heterocycles. The van der Waals surface area contributed by atoms with Crippen molar-refractivity contribution in [3.63, 3.8) is 0 Å². The first kappa shape index (κ1) is 17.0. The Bertz CT molecular complexity index is 653. The molecule has 122 valence electrons. The van der Waals surface area contributed by atoms with E-state index in [-0.39, 0.29) is 5.91 Å². The molecule has 0 spiro atoms. The minimum absolute atomic E-state index is 0.332. The predicted octanol–water partition coefficient (Wildman–Crippen LogP) is 2.80. The molecule has 23 heavy (non-hydrogen) atoms. The molecule has 0 N–H and O–H groups in total. The van der Waals surface area contributed by atoms with Crippen molar-refractivity contribution in [2.45, 2.75) is 5.79 Å². The number of hydrogen-bond donors (Lipinski definition) is 0. The number of para-hydroxylation sites is 1. The number of amides is 1. The van der Waals surface area contributed by atoms with Crippen LogP contribution in [0.2, 0.25) is 0 Å². The highest BCUT2D eigenvalue weighted by Crippen LogP contribution is 2.32. The predicted molar refractivity (Wildman–Crippen MR) is 88.5 cm³/mol. The minimum atomic E-state index is -1.54. The van der Waals surface area contributed by atoms with Crippen molar-refractivity contribution in [1.29, 1.82) is 0 Å². The molecule has 0 unspecified atom stereocenters. The lowest BCUT2D eigenvalue weighted by atomic mass is 10.0. The lowest BCUT2D eigenvalue weighted by molar-refractivity contribution is -0.212. The van der Waals surface area contributed by atoms with Gasteiger partial charge in [-0.2, -0.15) is 0 Å². The van der Waals surface area contributed by atoms with E-state index in [1.807, 2.05) is 30.3 Å². The van der Waals surface area contributed by atoms with Crippen molar-refractivity contribution in [2.75, 3.05) is 33.3 Å². The van der Waals surface area contributed by atoms with Gasteiger partial charge in [-0.15, -0.1) is 0 Å². The van der Waals surface area contributed by atoms with Gasteiger partial charge in [0.25, 0.3) is 11.7 Å². The van der Waals surface area contributed by atoms with E-state index < -0.39 is 5.79 Å². The Hall–Kier alpha value is -2.37. The van der Waals surface area contributed by atoms with Gasteiger partial charge in [0.05, 0.1) is 7.11 Å². The number of carbonyl (C=O) groups excluding carboxylic acids is 1. The van der Waals surface area contributed by atoms with Gasteiger partial charge in [0, 0.05) is 32.5 Å². The van der Waals surface area contributed by atoms with E-state index in [2.05, 4.69) is 0 Å². The molecule has 2 aromatic carbocycles. The molecule has 2 rings (SSSR count). The van der Waals surface area contributed by atoms with Gasteiger partial charge >= 0.3 is 0 Å². The zero-order chi connectivity index (χ0) is 16.9. The molecule has 5 heteroatoms. The van der Waals surface area contributed by atoms with Crippen molar-refractivity contribution in [3.8, 4) is 5.75 Å². The quantitative estimate of drug-likeness (QED) is 0.769. The molecular weight excluding hydrogens is 294 g/mol. The van der Waals surface area contributed by atoms with E-state index >= 15 is 0 Å². The van der Waals surface area contributed by atoms with E-state index in [1.54, 1.807) is 38.4 Å². The summed E-state index contributed by atoms with van der Waals surface area (Å²) < 4.78 is 16.2. The molecule has 2 aromatic rings. The Morgan fingerprint density at radius 2 is 1.61 bits per heavy atom. The second-order valence-electron chi connectivity index (χ2n) is 4.96. The third kappa shape index (κ3) is 3.21. The number of nitrogens with zero attached hydrogens (tertiary/aromatic N) is 1. The summed E-state index contributed by atoms with van der Waals surface area (Å²) in [7, 11) is 6.14. The Kier molecular flexibility index (Phi) is 5.36. The van der Waals surface area contributed by atoms with Crippen LogP contribution >= 0.6 is 0 Å². The minimum Gasteiger partial charge on any atom is -0.497 e. The second kappa shape index (κ2) is 7.26. The molecule has 0 fully saturated rings. The molecule has 0 atom stereocenters. The summed E-state index contributed by atoms with van der Waals surface area (Å²) in [6.07, 6.45) is 0. The van der Waals surface area contributed by atoms with Gasteiger partial charge in [0.15, 0.2) is 0 Å². The average molecular weight is 315 g/mol. The molecule has 0 saturated carbocycles. The van der Waals surface area contributed by atoms with Crippen LogP contribution in [-0.2, 0) is 20.1 Å². The molecule has 0 aliphatic carbocycles. The summed E-state index contributed by atoms with van der Waals surface area (Å²) in [5.41, 5.74) is 1.31. The largest absolute Gasteiger partial charge is 0.497 e. The molecule has 5 nitrogen and oxygen atoms in total. The first-order chi connectivity index (χ1) is 11.1. The van der Waals surface area contributed by atoms with Crippen molar-refractivity contribution in [1.82, 2.24) is 0 Å². The van der Waals surface area contributed by atoms with Crippen LogP contribution in [0.25, 0.3) is 0 Å². The normalized spacial score (nSPS) is 11.1. The van der Waals surface area contributed by atoms with E-state index in [9.17, 15) is 4.79 Å². The van der Waals surface area contributed by atoms with E-state index in [1.165, 1.54) is 19.1 Å². The average Bonchev–Trinajstić information content (AvgIpc) is 2.63. The first-order valence-electron chi connectivity index (χ1n) is 7.17. The maximum Gasteiger partial charge on any atom is 0.292 e. The number of ether oxygens (including phenoxy) is 3. The summed E-state index contributed by atoms with van der Waals surface area (Å²) in [4.78, 5) is 14.6. The Balaban J connectivity index is 2.45. The van der Waals surface area contributed by atoms with Crippen molar-refractivity contribution >= 4 is 11.6 Å². The summed E-state index contributed by atoms with van der Waals surface area (Å²) in [6.45, 7) is 0. The van der Waals surface area contributed by atoms with Gasteiger partial charge in [-0.05, 0) is 24.3 Å². The molecule has 0 saturated heterocycles. The lowest BCUT2D eigenvalue weighted by Gasteiger charge is -2.33. The zero-order valence-electron chi connectivity index (χ0n) is 13.8. The van der Waals surface area contributed by atoms with Gasteiger partial charge in [-0.3, -0.25) is 4.79 Å². The van der Waals surface area contributed by atoms with Crippen LogP contribution in [0.1, 0.15) is 5.56 Å². The number of rotatable bonds is 6. The summed E-state index contributed by atoms with van der Waals surface area (Å²) in [5.74, 6) is -1.25. The number of benzene rings is 2. The van der Waals surface area contributed by atoms with Crippen LogP contribution in [0.4, 0.5) is 5.69 Å².